The van der Waals surface area contributed by atoms with Gasteiger partial charge in [0.15, 0.2) is 5.82 Å². The molecular weight excluding hydrogens is 240 g/mol. The Morgan fingerprint density at radius 3 is 3.00 bits per heavy atom. The number of carbonyl (C=O) groups excluding carboxylic acids is 1. The second-order valence-corrected chi connectivity index (χ2v) is 4.54. The first-order valence-corrected chi connectivity index (χ1v) is 6.23. The molecule has 3 rings (SSSR count). The summed E-state index contributed by atoms with van der Waals surface area (Å²) in [6, 6.07) is 11.5. The van der Waals surface area contributed by atoms with Crippen molar-refractivity contribution in [3.8, 4) is 0 Å². The van der Waals surface area contributed by atoms with Crippen molar-refractivity contribution >= 4 is 17.4 Å². The first-order valence-electron chi connectivity index (χ1n) is 6.23. The van der Waals surface area contributed by atoms with Gasteiger partial charge in [-0.1, -0.05) is 18.2 Å². The van der Waals surface area contributed by atoms with E-state index < -0.39 is 0 Å². The van der Waals surface area contributed by atoms with Gasteiger partial charge in [0.05, 0.1) is 5.92 Å². The molecule has 0 bridgehead atoms. The van der Waals surface area contributed by atoms with E-state index in [2.05, 4.69) is 20.8 Å². The summed E-state index contributed by atoms with van der Waals surface area (Å²) in [5.41, 5.74) is 2.29. The molecule has 2 N–H and O–H groups in total. The highest BCUT2D eigenvalue weighted by molar-refractivity contribution is 5.92. The number of hydrogen-bond acceptors (Lipinski definition) is 4. The van der Waals surface area contributed by atoms with Crippen LogP contribution in [0.25, 0.3) is 0 Å². The number of para-hydroxylation sites is 1. The van der Waals surface area contributed by atoms with Crippen LogP contribution in [0.5, 0.6) is 0 Å². The number of nitrogens with zero attached hydrogens (tertiary/aromatic N) is 2. The first kappa shape index (κ1) is 11.6. The summed E-state index contributed by atoms with van der Waals surface area (Å²) < 4.78 is 0. The molecule has 0 aliphatic carbocycles. The van der Waals surface area contributed by atoms with Gasteiger partial charge in [0.2, 0.25) is 5.91 Å². The van der Waals surface area contributed by atoms with Crippen LogP contribution in [0.15, 0.2) is 42.6 Å². The van der Waals surface area contributed by atoms with Crippen molar-refractivity contribution in [3.63, 3.8) is 0 Å². The summed E-state index contributed by atoms with van der Waals surface area (Å²) in [5, 5.41) is 13.7. The monoisotopic (exact) mass is 254 g/mol. The first-order chi connectivity index (χ1) is 9.33. The van der Waals surface area contributed by atoms with Crippen molar-refractivity contribution in [2.45, 2.75) is 6.42 Å². The molecule has 0 saturated heterocycles. The highest BCUT2D eigenvalue weighted by Crippen LogP contribution is 2.24. The van der Waals surface area contributed by atoms with Gasteiger partial charge in [0.25, 0.3) is 0 Å². The number of benzene rings is 1. The van der Waals surface area contributed by atoms with Crippen molar-refractivity contribution in [3.05, 3.63) is 48.2 Å². The Kier molecular flexibility index (Phi) is 3.10. The van der Waals surface area contributed by atoms with E-state index in [9.17, 15) is 4.79 Å². The minimum Gasteiger partial charge on any atom is -0.384 e. The molecule has 1 atom stereocenters. The molecule has 0 radical (unpaired) electrons. The molecule has 2 aromatic rings. The van der Waals surface area contributed by atoms with Crippen LogP contribution in [0.1, 0.15) is 5.56 Å². The smallest absolute Gasteiger partial charge is 0.230 e. The fourth-order valence-electron chi connectivity index (χ4n) is 2.22. The highest BCUT2D eigenvalue weighted by atomic mass is 16.2. The normalized spacial score (nSPS) is 17.2. The minimum absolute atomic E-state index is 0.0255. The average Bonchev–Trinajstić information content (AvgIpc) is 2.48. The summed E-state index contributed by atoms with van der Waals surface area (Å²) in [7, 11) is 0. The lowest BCUT2D eigenvalue weighted by Crippen LogP contribution is -2.34. The predicted molar refractivity (Wildman–Crippen MR) is 72.8 cm³/mol. The molecule has 1 amide bonds. The zero-order valence-corrected chi connectivity index (χ0v) is 10.3. The minimum atomic E-state index is -0.0862. The lowest BCUT2D eigenvalue weighted by atomic mass is 9.93. The van der Waals surface area contributed by atoms with Crippen molar-refractivity contribution in [2.75, 3.05) is 17.2 Å². The van der Waals surface area contributed by atoms with Crippen LogP contribution >= 0.6 is 0 Å². The zero-order chi connectivity index (χ0) is 13.1. The Morgan fingerprint density at radius 1 is 1.26 bits per heavy atom. The molecule has 2 heterocycles. The van der Waals surface area contributed by atoms with Gasteiger partial charge in [0, 0.05) is 18.4 Å². The molecule has 5 nitrogen and oxygen atoms in total. The van der Waals surface area contributed by atoms with E-state index in [0.717, 1.165) is 12.1 Å². The molecular formula is C14H14N4O. The lowest BCUT2D eigenvalue weighted by molar-refractivity contribution is -0.119. The number of carbonyl (C=O) groups is 1. The third kappa shape index (κ3) is 2.54. The van der Waals surface area contributed by atoms with E-state index in [0.29, 0.717) is 12.4 Å². The Labute approximate surface area is 111 Å². The van der Waals surface area contributed by atoms with E-state index >= 15 is 0 Å². The van der Waals surface area contributed by atoms with Gasteiger partial charge in [-0.15, -0.1) is 5.10 Å². The van der Waals surface area contributed by atoms with Gasteiger partial charge in [-0.05, 0) is 30.2 Å². The maximum atomic E-state index is 12.2. The van der Waals surface area contributed by atoms with Crippen LogP contribution in [0.3, 0.4) is 0 Å². The summed E-state index contributed by atoms with van der Waals surface area (Å²) in [5.74, 6) is 0.380. The Hall–Kier alpha value is -2.43. The number of fused-ring (bicyclic) bond motifs is 1. The Balaban J connectivity index is 1.70. The third-order valence-electron chi connectivity index (χ3n) is 3.22. The fraction of sp³-hybridized carbons (Fsp3) is 0.214. The van der Waals surface area contributed by atoms with Gasteiger partial charge in [-0.2, -0.15) is 5.10 Å². The quantitative estimate of drug-likeness (QED) is 0.856. The molecule has 1 aromatic heterocycles. The summed E-state index contributed by atoms with van der Waals surface area (Å²) in [6.07, 6.45) is 2.32. The fourth-order valence-corrected chi connectivity index (χ4v) is 2.22. The SMILES string of the molecule is O=C(Nc1cccnn1)C1CNc2ccccc2C1. The molecule has 0 fully saturated rings. The van der Waals surface area contributed by atoms with Crippen molar-refractivity contribution < 1.29 is 4.79 Å². The maximum Gasteiger partial charge on any atom is 0.230 e. The molecule has 5 heteroatoms. The average molecular weight is 254 g/mol. The second-order valence-electron chi connectivity index (χ2n) is 4.54. The number of nitrogens with one attached hydrogen (secondary N) is 2. The van der Waals surface area contributed by atoms with Crippen LogP contribution in [0, 0.1) is 5.92 Å². The van der Waals surface area contributed by atoms with Crippen molar-refractivity contribution in [1.29, 1.82) is 0 Å². The molecule has 0 spiro atoms. The largest absolute Gasteiger partial charge is 0.384 e. The topological polar surface area (TPSA) is 66.9 Å². The Morgan fingerprint density at radius 2 is 2.16 bits per heavy atom. The number of rotatable bonds is 2. The van der Waals surface area contributed by atoms with E-state index in [-0.39, 0.29) is 11.8 Å². The molecule has 1 aliphatic rings. The van der Waals surface area contributed by atoms with Crippen LogP contribution in [0.4, 0.5) is 11.5 Å². The van der Waals surface area contributed by atoms with Gasteiger partial charge >= 0.3 is 0 Å². The summed E-state index contributed by atoms with van der Waals surface area (Å²) >= 11 is 0. The van der Waals surface area contributed by atoms with E-state index in [1.165, 1.54) is 5.56 Å². The van der Waals surface area contributed by atoms with Crippen molar-refractivity contribution in [2.24, 2.45) is 5.92 Å². The highest BCUT2D eigenvalue weighted by Gasteiger charge is 2.24. The molecule has 1 aromatic carbocycles. The Bertz CT molecular complexity index is 585. The molecule has 1 unspecified atom stereocenters. The standard InChI is InChI=1S/C14H14N4O/c19-14(17-13-6-3-7-16-18-13)11-8-10-4-1-2-5-12(10)15-9-11/h1-7,11,15H,8-9H2,(H,17,18,19). The van der Waals surface area contributed by atoms with Crippen LogP contribution in [-0.2, 0) is 11.2 Å². The van der Waals surface area contributed by atoms with Gasteiger partial charge < -0.3 is 10.6 Å². The number of hydrogen-bond donors (Lipinski definition) is 2. The second kappa shape index (κ2) is 5.06. The van der Waals surface area contributed by atoms with E-state index in [1.807, 2.05) is 24.3 Å². The summed E-state index contributed by atoms with van der Waals surface area (Å²) in [6.45, 7) is 0.642. The molecule has 96 valence electrons. The maximum absolute atomic E-state index is 12.2. The van der Waals surface area contributed by atoms with Crippen LogP contribution in [-0.4, -0.2) is 22.6 Å². The molecule has 0 saturated carbocycles. The van der Waals surface area contributed by atoms with Gasteiger partial charge in [-0.3, -0.25) is 4.79 Å². The van der Waals surface area contributed by atoms with Gasteiger partial charge in [0.1, 0.15) is 0 Å². The number of amides is 1. The predicted octanol–water partition coefficient (Wildman–Crippen LogP) is 1.70. The van der Waals surface area contributed by atoms with E-state index in [4.69, 9.17) is 0 Å². The molecule has 1 aliphatic heterocycles. The van der Waals surface area contributed by atoms with E-state index in [1.54, 1.807) is 18.3 Å². The lowest BCUT2D eigenvalue weighted by Gasteiger charge is -2.25. The molecule has 19 heavy (non-hydrogen) atoms. The zero-order valence-electron chi connectivity index (χ0n) is 10.3. The number of anilines is 2. The van der Waals surface area contributed by atoms with Crippen LogP contribution in [0.2, 0.25) is 0 Å². The number of aromatic nitrogens is 2. The summed E-state index contributed by atoms with van der Waals surface area (Å²) in [4.78, 5) is 12.2. The van der Waals surface area contributed by atoms with Crippen molar-refractivity contribution in [1.82, 2.24) is 10.2 Å². The van der Waals surface area contributed by atoms with Crippen LogP contribution < -0.4 is 10.6 Å². The third-order valence-corrected chi connectivity index (χ3v) is 3.22. The van der Waals surface area contributed by atoms with Gasteiger partial charge in [-0.25, -0.2) is 0 Å².